The lowest BCUT2D eigenvalue weighted by molar-refractivity contribution is -0.161. The summed E-state index contributed by atoms with van der Waals surface area (Å²) in [6, 6.07) is 0. The molecule has 5 atom stereocenters. The SMILES string of the molecule is CCCCCCCCCCCCCCCCCCCCCC(=O)O[C@H](COC(=O)CCCCCCCCCCCCCCCCCC)COP(=O)(O)OC[C@@H](O)COP(=O)(O)OC[C@@H](COC(=O)CCCCCCCCCCCC)OC(=O)CCCCCCCCCCCCCCC(C)C. The molecule has 0 fully saturated rings. The van der Waals surface area contributed by atoms with Crippen LogP contribution in [0.2, 0.25) is 0 Å². The van der Waals surface area contributed by atoms with Crippen molar-refractivity contribution in [1.82, 2.24) is 0 Å². The lowest BCUT2D eigenvalue weighted by Crippen LogP contribution is -2.30. The Hall–Kier alpha value is -1.94. The van der Waals surface area contributed by atoms with Gasteiger partial charge in [0.2, 0.25) is 0 Å². The molecule has 100 heavy (non-hydrogen) atoms. The summed E-state index contributed by atoms with van der Waals surface area (Å²) in [5.74, 6) is -1.33. The molecule has 0 saturated carbocycles. The number of ether oxygens (including phenoxy) is 4. The Morgan fingerprint density at radius 2 is 0.460 bits per heavy atom. The molecule has 0 radical (unpaired) electrons. The number of aliphatic hydroxyl groups excluding tert-OH is 1. The molecule has 17 nitrogen and oxygen atoms in total. The summed E-state index contributed by atoms with van der Waals surface area (Å²) in [5, 5.41) is 10.6. The van der Waals surface area contributed by atoms with Crippen molar-refractivity contribution in [3.05, 3.63) is 0 Å². The van der Waals surface area contributed by atoms with Crippen molar-refractivity contribution < 1.29 is 80.2 Å². The maximum atomic E-state index is 13.1. The molecule has 0 spiro atoms. The summed E-state index contributed by atoms with van der Waals surface area (Å²) in [6.07, 6.45) is 65.1. The van der Waals surface area contributed by atoms with E-state index in [-0.39, 0.29) is 25.7 Å². The molecule has 0 aliphatic carbocycles. The van der Waals surface area contributed by atoms with Crippen molar-refractivity contribution in [1.29, 1.82) is 0 Å². The summed E-state index contributed by atoms with van der Waals surface area (Å²) in [7, 11) is -9.92. The van der Waals surface area contributed by atoms with Crippen LogP contribution in [0, 0.1) is 5.92 Å². The van der Waals surface area contributed by atoms with E-state index >= 15 is 0 Å². The average Bonchev–Trinajstić information content (AvgIpc) is 0.936. The van der Waals surface area contributed by atoms with Crippen molar-refractivity contribution in [2.45, 2.75) is 451 Å². The second kappa shape index (κ2) is 73.9. The number of esters is 4. The maximum absolute atomic E-state index is 13.1. The first-order valence-corrected chi connectivity index (χ1v) is 45.1. The third-order valence-electron chi connectivity index (χ3n) is 19.0. The number of unbranched alkanes of at least 4 members (excludes halogenated alkanes) is 53. The average molecular weight is 1470 g/mol. The van der Waals surface area contributed by atoms with Gasteiger partial charge in [0.15, 0.2) is 12.2 Å². The van der Waals surface area contributed by atoms with Crippen molar-refractivity contribution in [3.8, 4) is 0 Å². The van der Waals surface area contributed by atoms with Gasteiger partial charge < -0.3 is 33.8 Å². The van der Waals surface area contributed by atoms with E-state index in [0.717, 1.165) is 95.8 Å². The Kier molecular flexibility index (Phi) is 72.5. The fourth-order valence-electron chi connectivity index (χ4n) is 12.6. The first-order valence-electron chi connectivity index (χ1n) is 42.1. The molecule has 0 heterocycles. The van der Waals surface area contributed by atoms with Crippen LogP contribution in [0.4, 0.5) is 0 Å². The van der Waals surface area contributed by atoms with Gasteiger partial charge >= 0.3 is 39.5 Å². The van der Waals surface area contributed by atoms with Gasteiger partial charge in [0.25, 0.3) is 0 Å². The summed E-state index contributed by atoms with van der Waals surface area (Å²) in [4.78, 5) is 73.0. The van der Waals surface area contributed by atoms with Gasteiger partial charge in [-0.15, -0.1) is 0 Å². The van der Waals surface area contributed by atoms with Crippen molar-refractivity contribution >= 4 is 39.5 Å². The maximum Gasteiger partial charge on any atom is 0.472 e. The Bertz CT molecular complexity index is 1910. The molecule has 2 unspecified atom stereocenters. The molecule has 0 bridgehead atoms. The van der Waals surface area contributed by atoms with Gasteiger partial charge in [-0.05, 0) is 31.6 Å². The second-order valence-electron chi connectivity index (χ2n) is 29.6. The number of carbonyl (C=O) groups excluding carboxylic acids is 4. The summed E-state index contributed by atoms with van der Waals surface area (Å²) < 4.78 is 68.7. The number of hydrogen-bond donors (Lipinski definition) is 3. The standard InChI is InChI=1S/C81H158O17P2/c1-6-9-12-15-18-21-24-26-28-30-31-32-34-36-41-46-51-56-61-66-80(85)98-77(71-92-79(84)65-60-55-50-45-40-35-33-29-27-25-22-19-16-13-10-7-2)73-96-100(89,90)94-69-75(82)68-93-99(87,88)95-72-76(70-91-78(83)64-59-54-49-44-23-20-17-14-11-8-3)97-81(86)67-62-57-52-47-42-38-37-39-43-48-53-58-63-74(4)5/h74-77,82H,6-73H2,1-5H3,(H,87,88)(H,89,90)/t75-,76+,77+/m0/s1. The van der Waals surface area contributed by atoms with Gasteiger partial charge in [-0.1, -0.05) is 381 Å². The van der Waals surface area contributed by atoms with Crippen LogP contribution in [0.1, 0.15) is 433 Å². The van der Waals surface area contributed by atoms with Gasteiger partial charge in [0.05, 0.1) is 26.4 Å². The number of aliphatic hydroxyl groups is 1. The number of carbonyl (C=O) groups is 4. The van der Waals surface area contributed by atoms with E-state index in [1.807, 2.05) is 0 Å². The number of hydrogen-bond acceptors (Lipinski definition) is 15. The van der Waals surface area contributed by atoms with Crippen LogP contribution in [-0.4, -0.2) is 96.7 Å². The van der Waals surface area contributed by atoms with E-state index in [1.54, 1.807) is 0 Å². The summed E-state index contributed by atoms with van der Waals surface area (Å²) >= 11 is 0. The minimum Gasteiger partial charge on any atom is -0.462 e. The Balaban J connectivity index is 5.23. The molecule has 0 aliphatic rings. The first kappa shape index (κ1) is 98.1. The van der Waals surface area contributed by atoms with E-state index in [4.69, 9.17) is 37.0 Å². The minimum atomic E-state index is -4.96. The van der Waals surface area contributed by atoms with E-state index in [0.29, 0.717) is 25.7 Å². The van der Waals surface area contributed by atoms with Crippen LogP contribution in [0.3, 0.4) is 0 Å². The Morgan fingerprint density at radius 3 is 0.680 bits per heavy atom. The van der Waals surface area contributed by atoms with Crippen LogP contribution in [0.25, 0.3) is 0 Å². The lowest BCUT2D eigenvalue weighted by Gasteiger charge is -2.21. The number of rotatable bonds is 81. The predicted molar refractivity (Wildman–Crippen MR) is 409 cm³/mol. The molecule has 0 amide bonds. The van der Waals surface area contributed by atoms with Crippen molar-refractivity contribution in [3.63, 3.8) is 0 Å². The summed E-state index contributed by atoms with van der Waals surface area (Å²) in [5.41, 5.74) is 0. The van der Waals surface area contributed by atoms with Gasteiger partial charge in [0.1, 0.15) is 19.3 Å². The zero-order chi connectivity index (χ0) is 73.4. The largest absolute Gasteiger partial charge is 0.472 e. The van der Waals surface area contributed by atoms with Gasteiger partial charge in [-0.3, -0.25) is 37.3 Å². The monoisotopic (exact) mass is 1470 g/mol. The fraction of sp³-hybridized carbons (Fsp3) is 0.951. The third kappa shape index (κ3) is 74.3. The van der Waals surface area contributed by atoms with Crippen LogP contribution in [-0.2, 0) is 65.4 Å². The van der Waals surface area contributed by atoms with Gasteiger partial charge in [-0.25, -0.2) is 9.13 Å². The Morgan fingerprint density at radius 1 is 0.270 bits per heavy atom. The molecule has 0 saturated heterocycles. The topological polar surface area (TPSA) is 237 Å². The highest BCUT2D eigenvalue weighted by Gasteiger charge is 2.30. The lowest BCUT2D eigenvalue weighted by atomic mass is 10.0. The molecule has 0 rings (SSSR count). The number of phosphoric acid groups is 2. The first-order chi connectivity index (χ1) is 48.5. The molecule has 3 N–H and O–H groups in total. The molecule has 19 heteroatoms. The van der Waals surface area contributed by atoms with E-state index in [1.165, 1.54) is 257 Å². The quantitative estimate of drug-likeness (QED) is 0.0222. The smallest absolute Gasteiger partial charge is 0.462 e. The molecule has 594 valence electrons. The molecule has 0 aromatic heterocycles. The van der Waals surface area contributed by atoms with Crippen molar-refractivity contribution in [2.24, 2.45) is 5.92 Å². The molecule has 0 aromatic carbocycles. The highest BCUT2D eigenvalue weighted by molar-refractivity contribution is 7.47. The highest BCUT2D eigenvalue weighted by atomic mass is 31.2. The van der Waals surface area contributed by atoms with Crippen LogP contribution >= 0.6 is 15.6 Å². The molecular weight excluding hydrogens is 1310 g/mol. The predicted octanol–water partition coefficient (Wildman–Crippen LogP) is 24.4. The Labute approximate surface area is 613 Å². The second-order valence-corrected chi connectivity index (χ2v) is 32.5. The van der Waals surface area contributed by atoms with Crippen LogP contribution in [0.15, 0.2) is 0 Å². The zero-order valence-electron chi connectivity index (χ0n) is 65.3. The van der Waals surface area contributed by atoms with Gasteiger partial charge in [0, 0.05) is 25.7 Å². The molecular formula is C81H158O17P2. The molecule has 0 aromatic rings. The highest BCUT2D eigenvalue weighted by Crippen LogP contribution is 2.45. The minimum absolute atomic E-state index is 0.107. The fourth-order valence-corrected chi connectivity index (χ4v) is 14.2. The van der Waals surface area contributed by atoms with E-state index in [9.17, 15) is 43.2 Å². The van der Waals surface area contributed by atoms with Crippen molar-refractivity contribution in [2.75, 3.05) is 39.6 Å². The zero-order valence-corrected chi connectivity index (χ0v) is 67.1. The number of phosphoric ester groups is 2. The summed E-state index contributed by atoms with van der Waals surface area (Å²) in [6.45, 7) is 7.34. The van der Waals surface area contributed by atoms with E-state index < -0.39 is 97.5 Å². The van der Waals surface area contributed by atoms with Crippen LogP contribution in [0.5, 0.6) is 0 Å². The van der Waals surface area contributed by atoms with E-state index in [2.05, 4.69) is 34.6 Å². The van der Waals surface area contributed by atoms with Crippen LogP contribution < -0.4 is 0 Å². The third-order valence-corrected chi connectivity index (χ3v) is 20.9. The molecule has 0 aliphatic heterocycles. The van der Waals surface area contributed by atoms with Gasteiger partial charge in [-0.2, -0.15) is 0 Å². The normalized spacial score (nSPS) is 13.8.